The van der Waals surface area contributed by atoms with Crippen LogP contribution < -0.4 is 10.6 Å². The average Bonchev–Trinajstić information content (AvgIpc) is 3.05. The number of nitrogens with one attached hydrogen (secondary N) is 2. The number of halogens is 1. The molecule has 0 aromatic heterocycles. The lowest BCUT2D eigenvalue weighted by molar-refractivity contribution is -0.130. The van der Waals surface area contributed by atoms with Gasteiger partial charge in [0.2, 0.25) is 11.8 Å². The predicted octanol–water partition coefficient (Wildman–Crippen LogP) is 2.82. The lowest BCUT2D eigenvalue weighted by atomic mass is 9.94. The Hall–Kier alpha value is -2.08. The average molecular weight is 378 g/mol. The molecule has 1 heterocycles. The summed E-state index contributed by atoms with van der Waals surface area (Å²) in [6.45, 7) is 0.475. The predicted molar refractivity (Wildman–Crippen MR) is 100 cm³/mol. The molecule has 1 unspecified atom stereocenters. The van der Waals surface area contributed by atoms with Gasteiger partial charge in [0.25, 0.3) is 5.91 Å². The van der Waals surface area contributed by atoms with E-state index >= 15 is 0 Å². The Kier molecular flexibility index (Phi) is 5.81. The van der Waals surface area contributed by atoms with E-state index in [9.17, 15) is 14.4 Å². The Morgan fingerprint density at radius 3 is 2.58 bits per heavy atom. The van der Waals surface area contributed by atoms with Crippen LogP contribution in [-0.4, -0.2) is 42.3 Å². The Morgan fingerprint density at radius 1 is 1.19 bits per heavy atom. The molecule has 26 heavy (non-hydrogen) atoms. The van der Waals surface area contributed by atoms with Gasteiger partial charge in [-0.05, 0) is 31.0 Å². The van der Waals surface area contributed by atoms with E-state index in [2.05, 4.69) is 10.6 Å². The van der Waals surface area contributed by atoms with Crippen molar-refractivity contribution in [2.45, 2.75) is 44.6 Å². The van der Waals surface area contributed by atoms with E-state index in [0.29, 0.717) is 22.8 Å². The molecule has 1 aliphatic carbocycles. The molecule has 1 saturated heterocycles. The monoisotopic (exact) mass is 377 g/mol. The highest BCUT2D eigenvalue weighted by Crippen LogP contribution is 2.30. The molecule has 6 nitrogen and oxygen atoms in total. The third-order valence-electron chi connectivity index (χ3n) is 5.26. The molecule has 1 saturated carbocycles. The lowest BCUT2D eigenvalue weighted by Gasteiger charge is -2.31. The fourth-order valence-corrected chi connectivity index (χ4v) is 4.02. The Bertz CT molecular complexity index is 716. The second kappa shape index (κ2) is 8.08. The fourth-order valence-electron chi connectivity index (χ4n) is 3.79. The van der Waals surface area contributed by atoms with Crippen LogP contribution in [0, 0.1) is 5.92 Å². The van der Waals surface area contributed by atoms with Crippen LogP contribution in [0.4, 0.5) is 5.69 Å². The minimum atomic E-state index is -0.362. The number of carbonyl (C=O) groups is 3. The van der Waals surface area contributed by atoms with Crippen LogP contribution in [0.15, 0.2) is 18.2 Å². The quantitative estimate of drug-likeness (QED) is 0.846. The number of amides is 3. The van der Waals surface area contributed by atoms with E-state index in [1.54, 1.807) is 19.2 Å². The van der Waals surface area contributed by atoms with Crippen LogP contribution in [0.3, 0.4) is 0 Å². The molecule has 2 fully saturated rings. The number of hydrogen-bond acceptors (Lipinski definition) is 3. The topological polar surface area (TPSA) is 78.5 Å². The smallest absolute Gasteiger partial charge is 0.251 e. The van der Waals surface area contributed by atoms with Crippen LogP contribution in [0.5, 0.6) is 0 Å². The highest BCUT2D eigenvalue weighted by atomic mass is 35.5. The summed E-state index contributed by atoms with van der Waals surface area (Å²) in [6, 6.07) is 5.02. The van der Waals surface area contributed by atoms with E-state index in [4.69, 9.17) is 11.6 Å². The molecule has 1 atom stereocenters. The normalized spacial score (nSPS) is 20.9. The lowest BCUT2D eigenvalue weighted by Crippen LogP contribution is -2.38. The number of anilines is 1. The highest BCUT2D eigenvalue weighted by molar-refractivity contribution is 6.34. The maximum absolute atomic E-state index is 12.6. The van der Waals surface area contributed by atoms with Gasteiger partial charge < -0.3 is 15.5 Å². The molecule has 3 rings (SSSR count). The van der Waals surface area contributed by atoms with Crippen molar-refractivity contribution in [1.29, 1.82) is 0 Å². The summed E-state index contributed by atoms with van der Waals surface area (Å²) in [5.74, 6) is -0.738. The molecule has 1 aromatic rings. The molecule has 3 amide bonds. The number of rotatable bonds is 4. The van der Waals surface area contributed by atoms with Gasteiger partial charge in [-0.1, -0.05) is 30.9 Å². The van der Waals surface area contributed by atoms with Gasteiger partial charge in [0.1, 0.15) is 0 Å². The number of hydrogen-bond donors (Lipinski definition) is 2. The molecular weight excluding hydrogens is 354 g/mol. The number of nitrogens with zero attached hydrogens (tertiary/aromatic N) is 1. The summed E-state index contributed by atoms with van der Waals surface area (Å²) in [5, 5.41) is 5.62. The molecule has 7 heteroatoms. The number of likely N-dealkylation sites (tertiary alicyclic amines) is 1. The zero-order chi connectivity index (χ0) is 18.7. The van der Waals surface area contributed by atoms with Gasteiger partial charge in [0.05, 0.1) is 16.6 Å². The van der Waals surface area contributed by atoms with Crippen molar-refractivity contribution >= 4 is 35.0 Å². The van der Waals surface area contributed by atoms with Crippen molar-refractivity contribution in [3.8, 4) is 0 Å². The molecule has 0 bridgehead atoms. The second-order valence-corrected chi connectivity index (χ2v) is 7.41. The number of benzene rings is 1. The van der Waals surface area contributed by atoms with Crippen molar-refractivity contribution in [3.63, 3.8) is 0 Å². The SMILES string of the molecule is CNC(=O)c1ccc(NC(=O)C2CC(=O)N(C3CCCCC3)C2)c(Cl)c1. The van der Waals surface area contributed by atoms with Gasteiger partial charge in [0.15, 0.2) is 0 Å². The second-order valence-electron chi connectivity index (χ2n) is 7.00. The van der Waals surface area contributed by atoms with Crippen molar-refractivity contribution in [2.75, 3.05) is 18.9 Å². The molecule has 0 spiro atoms. The van der Waals surface area contributed by atoms with Crippen molar-refractivity contribution < 1.29 is 14.4 Å². The minimum absolute atomic E-state index is 0.0677. The summed E-state index contributed by atoms with van der Waals surface area (Å²) in [4.78, 5) is 38.4. The molecule has 140 valence electrons. The summed E-state index contributed by atoms with van der Waals surface area (Å²) in [5.41, 5.74) is 0.878. The molecule has 2 aliphatic rings. The maximum atomic E-state index is 12.6. The van der Waals surface area contributed by atoms with Crippen molar-refractivity contribution in [2.24, 2.45) is 5.92 Å². The Morgan fingerprint density at radius 2 is 1.92 bits per heavy atom. The Balaban J connectivity index is 1.63. The van der Waals surface area contributed by atoms with Crippen LogP contribution in [0.25, 0.3) is 0 Å². The van der Waals surface area contributed by atoms with Crippen molar-refractivity contribution in [1.82, 2.24) is 10.2 Å². The Labute approximate surface area is 158 Å². The molecular formula is C19H24ClN3O3. The minimum Gasteiger partial charge on any atom is -0.355 e. The third kappa shape index (κ3) is 4.01. The first-order valence-corrected chi connectivity index (χ1v) is 9.49. The van der Waals surface area contributed by atoms with E-state index < -0.39 is 0 Å². The van der Waals surface area contributed by atoms with Crippen molar-refractivity contribution in [3.05, 3.63) is 28.8 Å². The van der Waals surface area contributed by atoms with Gasteiger partial charge in [-0.25, -0.2) is 0 Å². The van der Waals surface area contributed by atoms with Crippen LogP contribution in [0.1, 0.15) is 48.9 Å². The first-order valence-electron chi connectivity index (χ1n) is 9.11. The summed E-state index contributed by atoms with van der Waals surface area (Å²) >= 11 is 6.19. The molecule has 0 radical (unpaired) electrons. The maximum Gasteiger partial charge on any atom is 0.251 e. The zero-order valence-corrected chi connectivity index (χ0v) is 15.6. The van der Waals surface area contributed by atoms with Gasteiger partial charge in [-0.3, -0.25) is 14.4 Å². The largest absolute Gasteiger partial charge is 0.355 e. The molecule has 1 aliphatic heterocycles. The van der Waals surface area contributed by atoms with E-state index in [-0.39, 0.29) is 36.1 Å². The van der Waals surface area contributed by atoms with Crippen LogP contribution >= 0.6 is 11.6 Å². The summed E-state index contributed by atoms with van der Waals surface area (Å²) in [6.07, 6.45) is 5.85. The first-order chi connectivity index (χ1) is 12.5. The summed E-state index contributed by atoms with van der Waals surface area (Å²) in [7, 11) is 1.54. The van der Waals surface area contributed by atoms with Gasteiger partial charge in [0, 0.05) is 31.6 Å². The van der Waals surface area contributed by atoms with Crippen LogP contribution in [-0.2, 0) is 9.59 Å². The van der Waals surface area contributed by atoms with Gasteiger partial charge in [-0.2, -0.15) is 0 Å². The highest BCUT2D eigenvalue weighted by Gasteiger charge is 2.38. The van der Waals surface area contributed by atoms with Gasteiger partial charge in [-0.15, -0.1) is 0 Å². The summed E-state index contributed by atoms with van der Waals surface area (Å²) < 4.78 is 0. The molecule has 2 N–H and O–H groups in total. The van der Waals surface area contributed by atoms with Gasteiger partial charge >= 0.3 is 0 Å². The third-order valence-corrected chi connectivity index (χ3v) is 5.57. The standard InChI is InChI=1S/C19H24ClN3O3/c1-21-18(25)12-7-8-16(15(20)9-12)22-19(26)13-10-17(24)23(11-13)14-5-3-2-4-6-14/h7-9,13-14H,2-6,10-11H2,1H3,(H,21,25)(H,22,26). The van der Waals surface area contributed by atoms with E-state index in [1.807, 2.05) is 4.90 Å². The van der Waals surface area contributed by atoms with E-state index in [1.165, 1.54) is 12.5 Å². The van der Waals surface area contributed by atoms with E-state index in [0.717, 1.165) is 25.7 Å². The zero-order valence-electron chi connectivity index (χ0n) is 14.9. The number of carbonyl (C=O) groups excluding carboxylic acids is 3. The first kappa shape index (κ1) is 18.7. The fraction of sp³-hybridized carbons (Fsp3) is 0.526. The van der Waals surface area contributed by atoms with Crippen LogP contribution in [0.2, 0.25) is 5.02 Å². The molecule has 1 aromatic carbocycles.